The molecule has 6 rings (SSSR count). The van der Waals surface area contributed by atoms with Crippen molar-refractivity contribution in [3.05, 3.63) is 82.3 Å². The number of carbonyl (C=O) groups is 2. The van der Waals surface area contributed by atoms with Crippen molar-refractivity contribution in [2.75, 3.05) is 30.1 Å². The summed E-state index contributed by atoms with van der Waals surface area (Å²) in [5.74, 6) is 0.799. The Kier molecular flexibility index (Phi) is 8.52. The zero-order valence-electron chi connectivity index (χ0n) is 25.9. The van der Waals surface area contributed by atoms with Gasteiger partial charge in [-0.2, -0.15) is 0 Å². The number of nitrogens with zero attached hydrogens (tertiary/aromatic N) is 2. The fourth-order valence-electron chi connectivity index (χ4n) is 7.88. The van der Waals surface area contributed by atoms with Crippen LogP contribution in [0.15, 0.2) is 71.2 Å². The summed E-state index contributed by atoms with van der Waals surface area (Å²) in [6.07, 6.45) is 2.75. The van der Waals surface area contributed by atoms with Crippen LogP contribution in [0.1, 0.15) is 43.7 Å². The average Bonchev–Trinajstić information content (AvgIpc) is 3.44. The summed E-state index contributed by atoms with van der Waals surface area (Å²) in [6, 6.07) is 22.3. The first-order valence-corrected chi connectivity index (χ1v) is 19.4. The van der Waals surface area contributed by atoms with Crippen LogP contribution in [0.5, 0.6) is 5.75 Å². The van der Waals surface area contributed by atoms with Crippen LogP contribution in [0.25, 0.3) is 0 Å². The SMILES string of the molecule is COc1ccc([Si](C)(C)[C@H]2[C@H](CCO)O[C@@]3(C(=O)N(Cc4ccc(N5CCCCC5=O)cc4)c4ccc(Br)cc43)[C@@H]2C)cc1. The highest BCUT2D eigenvalue weighted by Crippen LogP contribution is 2.60. The van der Waals surface area contributed by atoms with E-state index in [-0.39, 0.29) is 36.0 Å². The summed E-state index contributed by atoms with van der Waals surface area (Å²) in [5, 5.41) is 11.4. The summed E-state index contributed by atoms with van der Waals surface area (Å²) < 4.78 is 13.3. The van der Waals surface area contributed by atoms with Gasteiger partial charge in [0.25, 0.3) is 5.91 Å². The van der Waals surface area contributed by atoms with Crippen molar-refractivity contribution in [3.8, 4) is 5.75 Å². The molecule has 3 aromatic rings. The van der Waals surface area contributed by atoms with Crippen LogP contribution in [0, 0.1) is 5.92 Å². The lowest BCUT2D eigenvalue weighted by Crippen LogP contribution is -2.51. The number of fused-ring (bicyclic) bond motifs is 2. The minimum Gasteiger partial charge on any atom is -0.497 e. The number of methoxy groups -OCH3 is 1. The molecule has 0 bridgehead atoms. The normalized spacial score (nSPS) is 25.2. The van der Waals surface area contributed by atoms with E-state index < -0.39 is 13.7 Å². The van der Waals surface area contributed by atoms with Gasteiger partial charge in [-0.05, 0) is 72.8 Å². The molecule has 2 saturated heterocycles. The maximum Gasteiger partial charge on any atom is 0.264 e. The second-order valence-corrected chi connectivity index (χ2v) is 18.5. The van der Waals surface area contributed by atoms with Gasteiger partial charge in [0.15, 0.2) is 5.60 Å². The maximum absolute atomic E-state index is 14.8. The monoisotopic (exact) mass is 676 g/mol. The zero-order valence-corrected chi connectivity index (χ0v) is 28.5. The van der Waals surface area contributed by atoms with Crippen molar-refractivity contribution < 1.29 is 24.2 Å². The van der Waals surface area contributed by atoms with E-state index in [2.05, 4.69) is 48.1 Å². The Morgan fingerprint density at radius 1 is 1.05 bits per heavy atom. The molecule has 1 N–H and O–H groups in total. The Bertz CT molecular complexity index is 1550. The molecule has 9 heteroatoms. The van der Waals surface area contributed by atoms with E-state index >= 15 is 0 Å². The quantitative estimate of drug-likeness (QED) is 0.291. The molecule has 44 heavy (non-hydrogen) atoms. The molecule has 3 aliphatic heterocycles. The van der Waals surface area contributed by atoms with Gasteiger partial charge >= 0.3 is 0 Å². The number of ether oxygens (including phenoxy) is 2. The van der Waals surface area contributed by atoms with E-state index in [4.69, 9.17) is 9.47 Å². The number of hydrogen-bond acceptors (Lipinski definition) is 5. The largest absolute Gasteiger partial charge is 0.497 e. The van der Waals surface area contributed by atoms with E-state index in [9.17, 15) is 14.7 Å². The van der Waals surface area contributed by atoms with E-state index in [0.29, 0.717) is 19.4 Å². The molecule has 232 valence electrons. The average molecular weight is 678 g/mol. The van der Waals surface area contributed by atoms with Crippen LogP contribution in [-0.4, -0.2) is 51.4 Å². The maximum atomic E-state index is 14.8. The zero-order chi connectivity index (χ0) is 31.2. The Morgan fingerprint density at radius 2 is 1.77 bits per heavy atom. The van der Waals surface area contributed by atoms with Crippen molar-refractivity contribution in [1.29, 1.82) is 0 Å². The third kappa shape index (κ3) is 5.11. The van der Waals surface area contributed by atoms with E-state index in [1.807, 2.05) is 64.4 Å². The number of hydrogen-bond donors (Lipinski definition) is 1. The van der Waals surface area contributed by atoms with Crippen LogP contribution in [0.4, 0.5) is 11.4 Å². The van der Waals surface area contributed by atoms with Crippen molar-refractivity contribution in [3.63, 3.8) is 0 Å². The van der Waals surface area contributed by atoms with E-state index in [0.717, 1.165) is 52.1 Å². The number of benzene rings is 3. The molecular weight excluding hydrogens is 636 g/mol. The number of rotatable bonds is 8. The third-order valence-electron chi connectivity index (χ3n) is 10.1. The second-order valence-electron chi connectivity index (χ2n) is 12.9. The van der Waals surface area contributed by atoms with Gasteiger partial charge in [-0.15, -0.1) is 0 Å². The predicted molar refractivity (Wildman–Crippen MR) is 179 cm³/mol. The number of aliphatic hydroxyl groups is 1. The third-order valence-corrected chi connectivity index (χ3v) is 15.0. The molecule has 2 amide bonds. The topological polar surface area (TPSA) is 79.3 Å². The minimum absolute atomic E-state index is 0.00776. The Labute approximate surface area is 269 Å². The molecule has 0 unspecified atom stereocenters. The highest BCUT2D eigenvalue weighted by molar-refractivity contribution is 9.10. The van der Waals surface area contributed by atoms with Crippen LogP contribution < -0.4 is 19.7 Å². The number of anilines is 2. The standard InChI is InChI=1S/C35H41BrN2O5Si/c1-23-33(44(3,4)28-15-13-27(42-2)14-16-28)31(18-20-39)43-35(23)29-21-25(36)10-17-30(29)38(34(35)41)22-24-8-11-26(12-9-24)37-19-6-5-7-32(37)40/h8-17,21,23,31,33,39H,5-7,18-20,22H2,1-4H3/t23-,31+,33-,35+/m1/s1. The number of piperidine rings is 1. The summed E-state index contributed by atoms with van der Waals surface area (Å²) in [4.78, 5) is 31.0. The first-order valence-electron chi connectivity index (χ1n) is 15.6. The summed E-state index contributed by atoms with van der Waals surface area (Å²) in [5.41, 5.74) is 2.55. The van der Waals surface area contributed by atoms with Gasteiger partial charge in [-0.1, -0.05) is 65.4 Å². The van der Waals surface area contributed by atoms with E-state index in [1.54, 1.807) is 7.11 Å². The minimum atomic E-state index is -2.23. The van der Waals surface area contributed by atoms with Crippen LogP contribution >= 0.6 is 15.9 Å². The van der Waals surface area contributed by atoms with Crippen molar-refractivity contribution in [2.45, 2.75) is 69.5 Å². The molecule has 0 radical (unpaired) electrons. The van der Waals surface area contributed by atoms with Crippen molar-refractivity contribution in [2.24, 2.45) is 5.92 Å². The molecular formula is C35H41BrN2O5Si. The predicted octanol–water partition coefficient (Wildman–Crippen LogP) is 6.12. The Hall–Kier alpha value is -2.98. The highest BCUT2D eigenvalue weighted by atomic mass is 79.9. The molecule has 2 fully saturated rings. The van der Waals surface area contributed by atoms with Gasteiger partial charge in [0.05, 0.1) is 33.5 Å². The fraction of sp³-hybridized carbons (Fsp3) is 0.429. The number of halogens is 1. The molecule has 0 aliphatic carbocycles. The molecule has 1 spiro atoms. The summed E-state index contributed by atoms with van der Waals surface area (Å²) in [7, 11) is -0.565. The van der Waals surface area contributed by atoms with Gasteiger partial charge < -0.3 is 24.4 Å². The lowest BCUT2D eigenvalue weighted by molar-refractivity contribution is -0.146. The van der Waals surface area contributed by atoms with Crippen molar-refractivity contribution >= 4 is 52.4 Å². The van der Waals surface area contributed by atoms with Gasteiger partial charge in [-0.25, -0.2) is 0 Å². The van der Waals surface area contributed by atoms with Gasteiger partial charge in [0.2, 0.25) is 5.91 Å². The molecule has 3 heterocycles. The lowest BCUT2D eigenvalue weighted by atomic mass is 9.82. The van der Waals surface area contributed by atoms with Crippen LogP contribution in [0.3, 0.4) is 0 Å². The fourth-order valence-corrected chi connectivity index (χ4v) is 12.3. The first-order chi connectivity index (χ1) is 21.1. The molecule has 7 nitrogen and oxygen atoms in total. The molecule has 0 aromatic heterocycles. The summed E-state index contributed by atoms with van der Waals surface area (Å²) in [6.45, 7) is 7.99. The van der Waals surface area contributed by atoms with Crippen molar-refractivity contribution in [1.82, 2.24) is 0 Å². The highest BCUT2D eigenvalue weighted by Gasteiger charge is 2.66. The van der Waals surface area contributed by atoms with E-state index in [1.165, 1.54) is 5.19 Å². The first kappa shape index (κ1) is 31.0. The number of aliphatic hydroxyl groups excluding tert-OH is 1. The molecule has 3 aliphatic rings. The number of carbonyl (C=O) groups excluding carboxylic acids is 2. The Balaban J connectivity index is 1.35. The van der Waals surface area contributed by atoms with Gasteiger partial charge in [0, 0.05) is 41.2 Å². The molecule has 4 atom stereocenters. The smallest absolute Gasteiger partial charge is 0.264 e. The van der Waals surface area contributed by atoms with Crippen LogP contribution in [0.2, 0.25) is 18.6 Å². The summed E-state index contributed by atoms with van der Waals surface area (Å²) >= 11 is 3.66. The molecule has 0 saturated carbocycles. The van der Waals surface area contributed by atoms with Gasteiger partial charge in [-0.3, -0.25) is 9.59 Å². The lowest BCUT2D eigenvalue weighted by Gasteiger charge is -2.37. The van der Waals surface area contributed by atoms with Crippen LogP contribution in [-0.2, 0) is 26.5 Å². The Morgan fingerprint density at radius 3 is 2.43 bits per heavy atom. The molecule has 3 aromatic carbocycles. The van der Waals surface area contributed by atoms with Gasteiger partial charge in [0.1, 0.15) is 5.75 Å². The number of amides is 2. The second kappa shape index (κ2) is 12.1.